The van der Waals surface area contributed by atoms with Crippen molar-refractivity contribution >= 4 is 34.3 Å². The van der Waals surface area contributed by atoms with E-state index >= 15 is 0 Å². The summed E-state index contributed by atoms with van der Waals surface area (Å²) in [5.74, 6) is 3.04. The van der Waals surface area contributed by atoms with Crippen LogP contribution in [0.15, 0.2) is 36.7 Å². The van der Waals surface area contributed by atoms with Crippen molar-refractivity contribution < 1.29 is 19.0 Å². The predicted octanol–water partition coefficient (Wildman–Crippen LogP) is 4.44. The maximum absolute atomic E-state index is 14.7. The van der Waals surface area contributed by atoms with E-state index in [1.54, 1.807) is 24.1 Å². The molecule has 1 aromatic carbocycles. The average Bonchev–Trinajstić information content (AvgIpc) is 2.84. The van der Waals surface area contributed by atoms with Gasteiger partial charge in [-0.3, -0.25) is 4.79 Å². The maximum Gasteiger partial charge on any atom is 0.227 e. The molecule has 1 unspecified atom stereocenters. The van der Waals surface area contributed by atoms with Gasteiger partial charge in [0.25, 0.3) is 0 Å². The van der Waals surface area contributed by atoms with Gasteiger partial charge < -0.3 is 25.0 Å². The Kier molecular flexibility index (Phi) is 7.33. The lowest BCUT2D eigenvalue weighted by Gasteiger charge is -2.41. The van der Waals surface area contributed by atoms with Crippen LogP contribution in [0.3, 0.4) is 0 Å². The Hall–Kier alpha value is -3.53. The molecule has 1 amide bonds. The second kappa shape index (κ2) is 10.6. The molecule has 0 aliphatic carbocycles. The highest BCUT2D eigenvalue weighted by atomic mass is 19.1. The number of hydrogen-bond acceptors (Lipinski definition) is 8. The number of anilines is 3. The van der Waals surface area contributed by atoms with E-state index in [-0.39, 0.29) is 18.6 Å². The van der Waals surface area contributed by atoms with Crippen molar-refractivity contribution in [3.05, 3.63) is 42.2 Å². The van der Waals surface area contributed by atoms with E-state index in [2.05, 4.69) is 47.1 Å². The van der Waals surface area contributed by atoms with E-state index in [4.69, 9.17) is 4.74 Å². The number of fused-ring (bicyclic) bond motifs is 1. The first kappa shape index (κ1) is 27.1. The zero-order chi connectivity index (χ0) is 27.9. The molecule has 2 fully saturated rings. The van der Waals surface area contributed by atoms with Gasteiger partial charge in [0.05, 0.1) is 12.6 Å². The Balaban J connectivity index is 1.37. The molecule has 2 aliphatic heterocycles. The minimum atomic E-state index is -1.72. The van der Waals surface area contributed by atoms with E-state index in [9.17, 15) is 14.3 Å². The van der Waals surface area contributed by atoms with Gasteiger partial charge in [-0.15, -0.1) is 0 Å². The molecule has 4 heterocycles. The highest BCUT2D eigenvalue weighted by molar-refractivity contribution is 5.92. The first-order chi connectivity index (χ1) is 18.5. The lowest BCUT2D eigenvalue weighted by Crippen LogP contribution is -2.54. The quantitative estimate of drug-likeness (QED) is 0.457. The van der Waals surface area contributed by atoms with E-state index in [0.717, 1.165) is 16.5 Å². The number of carbonyl (C=O) groups is 1. The third-order valence-electron chi connectivity index (χ3n) is 7.90. The van der Waals surface area contributed by atoms with E-state index in [0.29, 0.717) is 55.5 Å². The molecule has 0 saturated carbocycles. The molecule has 3 aromatic rings. The van der Waals surface area contributed by atoms with E-state index < -0.39 is 11.8 Å². The smallest absolute Gasteiger partial charge is 0.227 e. The van der Waals surface area contributed by atoms with Crippen LogP contribution in [0.4, 0.5) is 22.0 Å². The zero-order valence-electron chi connectivity index (χ0n) is 23.2. The normalized spacial score (nSPS) is 22.6. The summed E-state index contributed by atoms with van der Waals surface area (Å²) in [5.41, 5.74) is -0.541. The van der Waals surface area contributed by atoms with Gasteiger partial charge in [0.15, 0.2) is 5.67 Å². The second-order valence-corrected chi connectivity index (χ2v) is 11.3. The van der Waals surface area contributed by atoms with Crippen LogP contribution in [0.25, 0.3) is 10.8 Å². The summed E-state index contributed by atoms with van der Waals surface area (Å²) in [4.78, 5) is 28.7. The molecule has 2 aliphatic rings. The van der Waals surface area contributed by atoms with Crippen molar-refractivity contribution in [1.29, 1.82) is 0 Å². The number of nitrogens with one attached hydrogen (secondary N) is 1. The van der Waals surface area contributed by atoms with Crippen molar-refractivity contribution in [1.82, 2.24) is 19.9 Å². The van der Waals surface area contributed by atoms with Gasteiger partial charge in [-0.25, -0.2) is 14.4 Å². The molecule has 2 N–H and O–H groups in total. The molecular formula is C29H37FN6O3. The Morgan fingerprint density at radius 3 is 2.64 bits per heavy atom. The standard InChI is InChI=1S/C29H37FN6O3/c1-17(2)21-6-7-24(39-18(3)20-14-36(15-20)19(4)37)23-13-32-27(12-22(21)23)33-26-8-10-31-28(34-26)35-11-9-25(38)29(5,30)16-35/h6-8,10,12-13,17-18,20,25,38H,9,11,14-16H2,1-5H3,(H,31,32,33,34)/t18?,25-,29+/m1/s1. The molecule has 9 nitrogen and oxygen atoms in total. The Morgan fingerprint density at radius 1 is 1.18 bits per heavy atom. The Morgan fingerprint density at radius 2 is 1.95 bits per heavy atom. The highest BCUT2D eigenvalue weighted by Crippen LogP contribution is 2.35. The van der Waals surface area contributed by atoms with Crippen LogP contribution in [-0.2, 0) is 4.79 Å². The predicted molar refractivity (Wildman–Crippen MR) is 149 cm³/mol. The molecule has 10 heteroatoms. The first-order valence-corrected chi connectivity index (χ1v) is 13.6. The number of likely N-dealkylation sites (tertiary alicyclic amines) is 1. The van der Waals surface area contributed by atoms with E-state index in [1.165, 1.54) is 12.5 Å². The number of rotatable bonds is 7. The maximum atomic E-state index is 14.7. The largest absolute Gasteiger partial charge is 0.490 e. The molecule has 208 valence electrons. The number of nitrogens with zero attached hydrogens (tertiary/aromatic N) is 5. The van der Waals surface area contributed by atoms with Gasteiger partial charge in [-0.2, -0.15) is 4.98 Å². The number of aliphatic hydroxyl groups is 1. The minimum absolute atomic E-state index is 0.0262. The molecule has 2 saturated heterocycles. The van der Waals surface area contributed by atoms with Crippen molar-refractivity contribution in [2.75, 3.05) is 36.4 Å². The third kappa shape index (κ3) is 5.61. The lowest BCUT2D eigenvalue weighted by atomic mass is 9.94. The topological polar surface area (TPSA) is 104 Å². The number of carbonyl (C=O) groups excluding carboxylic acids is 1. The lowest BCUT2D eigenvalue weighted by molar-refractivity contribution is -0.137. The van der Waals surface area contributed by atoms with Crippen LogP contribution in [0.1, 0.15) is 52.5 Å². The summed E-state index contributed by atoms with van der Waals surface area (Å²) in [6.07, 6.45) is 2.74. The molecule has 3 atom stereocenters. The summed E-state index contributed by atoms with van der Waals surface area (Å²) in [6.45, 7) is 11.3. The number of halogens is 1. The first-order valence-electron chi connectivity index (χ1n) is 13.6. The van der Waals surface area contributed by atoms with Gasteiger partial charge in [0, 0.05) is 50.3 Å². The van der Waals surface area contributed by atoms with Gasteiger partial charge in [-0.05, 0) is 55.3 Å². The Bertz CT molecular complexity index is 1360. The van der Waals surface area contributed by atoms with Crippen LogP contribution in [0.2, 0.25) is 0 Å². The van der Waals surface area contributed by atoms with Crippen molar-refractivity contribution in [2.24, 2.45) is 5.92 Å². The van der Waals surface area contributed by atoms with Crippen LogP contribution in [-0.4, -0.2) is 74.9 Å². The van der Waals surface area contributed by atoms with Crippen LogP contribution >= 0.6 is 0 Å². The fourth-order valence-corrected chi connectivity index (χ4v) is 5.28. The number of ether oxygens (including phenoxy) is 1. The number of piperidine rings is 1. The molecule has 0 radical (unpaired) electrons. The molecule has 5 rings (SSSR count). The minimum Gasteiger partial charge on any atom is -0.490 e. The summed E-state index contributed by atoms with van der Waals surface area (Å²) >= 11 is 0. The number of aromatic nitrogens is 3. The van der Waals surface area contributed by atoms with Gasteiger partial charge in [0.1, 0.15) is 23.5 Å². The number of aliphatic hydroxyl groups excluding tert-OH is 1. The monoisotopic (exact) mass is 536 g/mol. The summed E-state index contributed by atoms with van der Waals surface area (Å²) < 4.78 is 21.1. The molecule has 2 aromatic heterocycles. The number of pyridine rings is 1. The summed E-state index contributed by atoms with van der Waals surface area (Å²) in [6, 6.07) is 7.86. The number of alkyl halides is 1. The summed E-state index contributed by atoms with van der Waals surface area (Å²) in [7, 11) is 0. The van der Waals surface area contributed by atoms with Gasteiger partial charge in [0.2, 0.25) is 11.9 Å². The van der Waals surface area contributed by atoms with Crippen molar-refractivity contribution in [2.45, 2.75) is 64.8 Å². The molecule has 0 bridgehead atoms. The van der Waals surface area contributed by atoms with Crippen LogP contribution in [0, 0.1) is 5.92 Å². The molecule has 0 spiro atoms. The van der Waals surface area contributed by atoms with Gasteiger partial charge >= 0.3 is 0 Å². The summed E-state index contributed by atoms with van der Waals surface area (Å²) in [5, 5.41) is 15.2. The fourth-order valence-electron chi connectivity index (χ4n) is 5.28. The number of hydrogen-bond donors (Lipinski definition) is 2. The highest BCUT2D eigenvalue weighted by Gasteiger charge is 2.40. The van der Waals surface area contributed by atoms with Crippen molar-refractivity contribution in [3.8, 4) is 5.75 Å². The van der Waals surface area contributed by atoms with Gasteiger partial charge in [-0.1, -0.05) is 19.9 Å². The SMILES string of the molecule is CC(=O)N1CC(C(C)Oc2ccc(C(C)C)c3cc(Nc4ccnc(N5CC[C@@H](O)[C@@](C)(F)C5)n4)ncc23)C1. The Labute approximate surface area is 228 Å². The number of amides is 1. The third-order valence-corrected chi connectivity index (χ3v) is 7.90. The van der Waals surface area contributed by atoms with Crippen molar-refractivity contribution in [3.63, 3.8) is 0 Å². The van der Waals surface area contributed by atoms with E-state index in [1.807, 2.05) is 23.2 Å². The fraction of sp³-hybridized carbons (Fsp3) is 0.517. The van der Waals surface area contributed by atoms with Crippen LogP contribution < -0.4 is 15.0 Å². The second-order valence-electron chi connectivity index (χ2n) is 11.3. The molecular weight excluding hydrogens is 499 g/mol. The molecule has 39 heavy (non-hydrogen) atoms. The number of benzene rings is 1. The van der Waals surface area contributed by atoms with Crippen LogP contribution in [0.5, 0.6) is 5.75 Å². The average molecular weight is 537 g/mol. The zero-order valence-corrected chi connectivity index (χ0v) is 23.2.